The van der Waals surface area contributed by atoms with Crippen LogP contribution >= 0.6 is 0 Å². The van der Waals surface area contributed by atoms with E-state index in [0.29, 0.717) is 87.4 Å². The van der Waals surface area contributed by atoms with Crippen molar-refractivity contribution < 1.29 is 72.8 Å². The van der Waals surface area contributed by atoms with Crippen LogP contribution in [0.25, 0.3) is 0 Å². The molecule has 12 N–H and O–H groups in total. The number of nitrogens with one attached hydrogen (secondary N) is 7. The highest BCUT2D eigenvalue weighted by Gasteiger charge is 2.61. The SMILES string of the molecule is CC[C@H](C)[C@H](NC(=O)[C@@H](NC(=O)[C@@H]1C[C@@H](O)CN1C(=O)[C@H](C)NC(=O)[C@H](CCCCN)NC(=O)CCCCCCC(=O)NCC(=O)O[C@H]1CC[C@H]2[C@@H]3CC[C@H]4CC(=O)CC[C@]4(C)[C@H]3CC[C@]12C)[C@@H](C)O)C(=O)NCC(=O)NCC(=O)O. The van der Waals surface area contributed by atoms with Gasteiger partial charge in [0.05, 0.1) is 18.8 Å². The van der Waals surface area contributed by atoms with Gasteiger partial charge in [-0.25, -0.2) is 0 Å². The fraction of sp³-hybridized carbons (Fsp3) is 0.807. The number of hydrogen-bond acceptors (Lipinski definition) is 15. The number of aliphatic hydroxyl groups excluding tert-OH is 2. The van der Waals surface area contributed by atoms with Gasteiger partial charge in [0.2, 0.25) is 47.3 Å². The Hall–Kier alpha value is -5.75. The fourth-order valence-electron chi connectivity index (χ4n) is 13.6. The molecule has 1 saturated heterocycles. The van der Waals surface area contributed by atoms with Crippen LogP contribution in [0.4, 0.5) is 0 Å². The van der Waals surface area contributed by atoms with Crippen molar-refractivity contribution in [1.29, 1.82) is 0 Å². The number of rotatable bonds is 30. The molecule has 5 rings (SSSR count). The lowest BCUT2D eigenvalue weighted by Gasteiger charge is -2.60. The van der Waals surface area contributed by atoms with Crippen molar-refractivity contribution in [3.05, 3.63) is 0 Å². The van der Waals surface area contributed by atoms with Gasteiger partial charge in [0.1, 0.15) is 55.2 Å². The summed E-state index contributed by atoms with van der Waals surface area (Å²) in [4.78, 5) is 143. The molecule has 456 valence electrons. The van der Waals surface area contributed by atoms with Crippen molar-refractivity contribution in [2.75, 3.05) is 32.7 Å². The molecule has 81 heavy (non-hydrogen) atoms. The third kappa shape index (κ3) is 17.9. The van der Waals surface area contributed by atoms with Crippen molar-refractivity contribution in [3.8, 4) is 0 Å². The number of unbranched alkanes of at least 4 members (excludes halogenated alkanes) is 4. The average Bonchev–Trinajstić information content (AvgIpc) is 4.17. The molecule has 0 aromatic rings. The molecule has 15 atom stereocenters. The second kappa shape index (κ2) is 30.5. The maximum atomic E-state index is 13.9. The number of carbonyl (C=O) groups excluding carboxylic acids is 10. The minimum absolute atomic E-state index is 0.0880. The average molecular weight is 1140 g/mol. The first-order valence-corrected chi connectivity index (χ1v) is 29.6. The van der Waals surface area contributed by atoms with Crippen LogP contribution in [-0.2, 0) is 57.5 Å². The van der Waals surface area contributed by atoms with Crippen LogP contribution in [-0.4, -0.2) is 166 Å². The first-order valence-electron chi connectivity index (χ1n) is 29.6. The van der Waals surface area contributed by atoms with E-state index in [-0.39, 0.29) is 61.6 Å². The van der Waals surface area contributed by atoms with E-state index in [4.69, 9.17) is 15.6 Å². The number of esters is 1. The van der Waals surface area contributed by atoms with Crippen LogP contribution in [0.3, 0.4) is 0 Å². The van der Waals surface area contributed by atoms with Crippen molar-refractivity contribution in [2.24, 2.45) is 46.2 Å². The second-order valence-electron chi connectivity index (χ2n) is 24.2. The van der Waals surface area contributed by atoms with E-state index >= 15 is 0 Å². The summed E-state index contributed by atoms with van der Waals surface area (Å²) in [7, 11) is 0. The Kier molecular flexibility index (Phi) is 24.9. The predicted molar refractivity (Wildman–Crippen MR) is 295 cm³/mol. The van der Waals surface area contributed by atoms with Gasteiger partial charge in [0.25, 0.3) is 0 Å². The van der Waals surface area contributed by atoms with Crippen LogP contribution < -0.4 is 43.0 Å². The molecule has 24 heteroatoms. The van der Waals surface area contributed by atoms with E-state index in [1.54, 1.807) is 13.8 Å². The highest BCUT2D eigenvalue weighted by Crippen LogP contribution is 2.66. The van der Waals surface area contributed by atoms with E-state index in [9.17, 15) is 63.0 Å². The summed E-state index contributed by atoms with van der Waals surface area (Å²) in [5.74, 6) is -5.20. The van der Waals surface area contributed by atoms with E-state index in [1.165, 1.54) is 13.8 Å². The second-order valence-corrected chi connectivity index (χ2v) is 24.2. The number of likely N-dealkylation sites (tertiary alicyclic amines) is 1. The van der Waals surface area contributed by atoms with Crippen molar-refractivity contribution in [1.82, 2.24) is 42.1 Å². The molecule has 24 nitrogen and oxygen atoms in total. The molecule has 5 fully saturated rings. The Bertz CT molecular complexity index is 2270. The van der Waals surface area contributed by atoms with Gasteiger partial charge in [0.15, 0.2) is 0 Å². The molecular weight excluding hydrogens is 1050 g/mol. The molecule has 8 amide bonds. The smallest absolute Gasteiger partial charge is 0.325 e. The number of ketones is 1. The summed E-state index contributed by atoms with van der Waals surface area (Å²) in [5, 5.41) is 47.5. The highest BCUT2D eigenvalue weighted by molar-refractivity contribution is 5.97. The zero-order valence-electron chi connectivity index (χ0n) is 48.4. The molecule has 0 aromatic carbocycles. The zero-order chi connectivity index (χ0) is 59.8. The van der Waals surface area contributed by atoms with Gasteiger partial charge in [-0.2, -0.15) is 0 Å². The van der Waals surface area contributed by atoms with Gasteiger partial charge in [-0.05, 0) is 132 Å². The molecule has 1 heterocycles. The third-order valence-electron chi connectivity index (χ3n) is 18.6. The molecule has 4 aliphatic carbocycles. The minimum Gasteiger partial charge on any atom is -0.480 e. The lowest BCUT2D eigenvalue weighted by atomic mass is 9.45. The van der Waals surface area contributed by atoms with E-state index < -0.39 is 115 Å². The molecular formula is C57H93N9O15. The molecule has 5 aliphatic rings. The van der Waals surface area contributed by atoms with Crippen molar-refractivity contribution in [2.45, 2.75) is 218 Å². The maximum Gasteiger partial charge on any atom is 0.325 e. The fourth-order valence-corrected chi connectivity index (χ4v) is 13.6. The number of carboxylic acid groups (broad SMARTS) is 1. The molecule has 0 bridgehead atoms. The Labute approximate surface area is 475 Å². The summed E-state index contributed by atoms with van der Waals surface area (Å²) in [6.07, 6.45) is 9.63. The van der Waals surface area contributed by atoms with Gasteiger partial charge in [-0.1, -0.05) is 47.0 Å². The zero-order valence-corrected chi connectivity index (χ0v) is 48.4. The Balaban J connectivity index is 1.02. The lowest BCUT2D eigenvalue weighted by molar-refractivity contribution is -0.163. The van der Waals surface area contributed by atoms with Crippen LogP contribution in [0, 0.1) is 40.4 Å². The Morgan fingerprint density at radius 2 is 1.40 bits per heavy atom. The standard InChI is InChI=1S/C57H93N9O15/c1-7-32(2)49(53(78)61-28-46(72)59-29-47(73)74)64-54(79)50(34(4)67)65-52(77)42-27-37(69)31-66(42)55(80)33(3)62-51(76)41(14-12-13-25-58)63-45(71)16-11-9-8-10-15-44(70)60-30-48(75)81-43-20-19-39-38-18-17-35-26-36(68)21-23-56(35,5)40(38)22-24-57(39,43)6/h32-35,37-43,49-50,67,69H,7-31,58H2,1-6H3,(H,59,72)(H,60,70)(H,61,78)(H,62,76)(H,63,71)(H,64,79)(H,65,77)(H,73,74)/t32-,33-,34+,35-,37+,38-,39-,40-,41-,42-,43-,49-,50-,56-,57-/m0/s1. The first kappa shape index (κ1) is 66.1. The summed E-state index contributed by atoms with van der Waals surface area (Å²) in [6.45, 7) is 9.27. The maximum absolute atomic E-state index is 13.9. The number of fused-ring (bicyclic) bond motifs is 5. The molecule has 4 saturated carbocycles. The van der Waals surface area contributed by atoms with Crippen LogP contribution in [0.2, 0.25) is 0 Å². The number of nitrogens with two attached hydrogens (primary N) is 1. The Morgan fingerprint density at radius 1 is 0.716 bits per heavy atom. The van der Waals surface area contributed by atoms with Crippen molar-refractivity contribution in [3.63, 3.8) is 0 Å². The number of amides is 8. The van der Waals surface area contributed by atoms with E-state index in [0.717, 1.165) is 56.3 Å². The molecule has 1 aliphatic heterocycles. The quantitative estimate of drug-likeness (QED) is 0.0349. The molecule has 0 aromatic heterocycles. The summed E-state index contributed by atoms with van der Waals surface area (Å²) in [6, 6.07) is -6.53. The lowest BCUT2D eigenvalue weighted by Crippen LogP contribution is -2.61. The van der Waals surface area contributed by atoms with Gasteiger partial charge in [-0.15, -0.1) is 0 Å². The summed E-state index contributed by atoms with van der Waals surface area (Å²) >= 11 is 0. The number of β-amino-alcohol motifs (C(OH)–C–C–N with tert-alkyl or cyclic N) is 1. The number of carboxylic acids is 1. The van der Waals surface area contributed by atoms with E-state index in [1.807, 2.05) is 0 Å². The number of nitrogens with zero attached hydrogens (tertiary/aromatic N) is 1. The predicted octanol–water partition coefficient (Wildman–Crippen LogP) is 0.761. The van der Waals surface area contributed by atoms with E-state index in [2.05, 4.69) is 51.1 Å². The summed E-state index contributed by atoms with van der Waals surface area (Å²) in [5.41, 5.74) is 5.82. The largest absolute Gasteiger partial charge is 0.480 e. The number of ether oxygens (including phenoxy) is 1. The van der Waals surface area contributed by atoms with Crippen LogP contribution in [0.15, 0.2) is 0 Å². The molecule has 0 radical (unpaired) electrons. The number of aliphatic hydroxyl groups is 2. The van der Waals surface area contributed by atoms with Gasteiger partial charge >= 0.3 is 11.9 Å². The molecule has 0 unspecified atom stereocenters. The van der Waals surface area contributed by atoms with Crippen LogP contribution in [0.1, 0.15) is 170 Å². The van der Waals surface area contributed by atoms with Crippen molar-refractivity contribution >= 4 is 65.0 Å². The first-order chi connectivity index (χ1) is 38.3. The monoisotopic (exact) mass is 1140 g/mol. The van der Waals surface area contributed by atoms with Crippen LogP contribution in [0.5, 0.6) is 0 Å². The third-order valence-corrected chi connectivity index (χ3v) is 18.6. The minimum atomic E-state index is -1.65. The normalized spacial score (nSPS) is 27.9. The topological polar surface area (TPSA) is 371 Å². The number of aliphatic carboxylic acids is 1. The summed E-state index contributed by atoms with van der Waals surface area (Å²) < 4.78 is 6.09. The number of hydrogen-bond donors (Lipinski definition) is 11. The Morgan fingerprint density at radius 3 is 2.06 bits per heavy atom. The van der Waals surface area contributed by atoms with Gasteiger partial charge in [0, 0.05) is 44.1 Å². The molecule has 0 spiro atoms. The van der Waals surface area contributed by atoms with Gasteiger partial charge in [-0.3, -0.25) is 52.7 Å². The highest BCUT2D eigenvalue weighted by atomic mass is 16.5. The number of Topliss-reactive ketones (excluding diaryl/α,β-unsaturated/α-hetero) is 1. The van der Waals surface area contributed by atoms with Gasteiger partial charge < -0.3 is 67.9 Å². The number of carbonyl (C=O) groups is 11.